The maximum atomic E-state index is 11.3. The summed E-state index contributed by atoms with van der Waals surface area (Å²) < 4.78 is 1.52. The molecule has 1 heterocycles. The van der Waals surface area contributed by atoms with Gasteiger partial charge in [0.2, 0.25) is 0 Å². The smallest absolute Gasteiger partial charge is 0.350 e. The summed E-state index contributed by atoms with van der Waals surface area (Å²) in [6, 6.07) is 1.63. The van der Waals surface area contributed by atoms with E-state index in [0.717, 1.165) is 0 Å². The molecule has 4 heteroatoms. The van der Waals surface area contributed by atoms with Gasteiger partial charge in [0.1, 0.15) is 5.82 Å². The lowest BCUT2D eigenvalue weighted by Gasteiger charge is -2.09. The van der Waals surface area contributed by atoms with Gasteiger partial charge < -0.3 is 5.73 Å². The van der Waals surface area contributed by atoms with Crippen molar-refractivity contribution in [3.63, 3.8) is 0 Å². The van der Waals surface area contributed by atoms with E-state index in [1.165, 1.54) is 4.57 Å². The van der Waals surface area contributed by atoms with Gasteiger partial charge in [0.15, 0.2) is 0 Å². The van der Waals surface area contributed by atoms with E-state index in [2.05, 4.69) is 4.98 Å². The number of hydrogen-bond donors (Lipinski definition) is 1. The Morgan fingerprint density at radius 3 is 2.92 bits per heavy atom. The van der Waals surface area contributed by atoms with Gasteiger partial charge in [-0.2, -0.15) is 4.98 Å². The zero-order valence-corrected chi connectivity index (χ0v) is 7.77. The van der Waals surface area contributed by atoms with Gasteiger partial charge in [-0.25, -0.2) is 4.79 Å². The Morgan fingerprint density at radius 1 is 1.69 bits per heavy atom. The van der Waals surface area contributed by atoms with Crippen molar-refractivity contribution in [3.05, 3.63) is 34.9 Å². The van der Waals surface area contributed by atoms with Gasteiger partial charge >= 0.3 is 5.69 Å². The van der Waals surface area contributed by atoms with E-state index >= 15 is 0 Å². The van der Waals surface area contributed by atoms with Crippen molar-refractivity contribution in [2.24, 2.45) is 0 Å². The van der Waals surface area contributed by atoms with E-state index in [-0.39, 0.29) is 17.5 Å². The van der Waals surface area contributed by atoms with Crippen LogP contribution in [0.4, 0.5) is 5.82 Å². The molecule has 0 spiro atoms. The molecule has 0 bridgehead atoms. The first-order valence-electron chi connectivity index (χ1n) is 4.12. The summed E-state index contributed by atoms with van der Waals surface area (Å²) in [6.07, 6.45) is 5.46. The second-order valence-electron chi connectivity index (χ2n) is 2.81. The Labute approximate surface area is 76.7 Å². The predicted molar refractivity (Wildman–Crippen MR) is 52.4 cm³/mol. The lowest BCUT2D eigenvalue weighted by Crippen LogP contribution is -2.24. The van der Waals surface area contributed by atoms with Crippen LogP contribution in [0.15, 0.2) is 29.2 Å². The standard InChI is InChI=1S/C9H13N3O/c1-3-4-7(2)12-6-5-8(10)11-9(12)13/h3-7H,1-2H3,(H2,10,11,13)/b4-3-. The van der Waals surface area contributed by atoms with Crippen molar-refractivity contribution in [2.75, 3.05) is 5.73 Å². The maximum absolute atomic E-state index is 11.3. The molecule has 13 heavy (non-hydrogen) atoms. The van der Waals surface area contributed by atoms with Gasteiger partial charge in [0.05, 0.1) is 6.04 Å². The number of nitrogens with zero attached hydrogens (tertiary/aromatic N) is 2. The number of anilines is 1. The van der Waals surface area contributed by atoms with E-state index in [1.807, 2.05) is 26.0 Å². The van der Waals surface area contributed by atoms with Gasteiger partial charge in [0.25, 0.3) is 0 Å². The van der Waals surface area contributed by atoms with Gasteiger partial charge in [-0.15, -0.1) is 0 Å². The molecule has 0 saturated heterocycles. The summed E-state index contributed by atoms with van der Waals surface area (Å²) in [6.45, 7) is 3.82. The molecule has 1 aromatic rings. The number of rotatable bonds is 2. The molecule has 1 atom stereocenters. The average molecular weight is 179 g/mol. The molecule has 1 unspecified atom stereocenters. The van der Waals surface area contributed by atoms with Crippen molar-refractivity contribution in [3.8, 4) is 0 Å². The number of nitrogens with two attached hydrogens (primary N) is 1. The SMILES string of the molecule is C/C=C\C(C)n1ccc(N)nc1=O. The zero-order chi connectivity index (χ0) is 9.84. The Morgan fingerprint density at radius 2 is 2.38 bits per heavy atom. The van der Waals surface area contributed by atoms with Crippen LogP contribution in [0.25, 0.3) is 0 Å². The van der Waals surface area contributed by atoms with Gasteiger partial charge in [-0.1, -0.05) is 12.2 Å². The first-order valence-corrected chi connectivity index (χ1v) is 4.12. The molecular formula is C9H13N3O. The fourth-order valence-electron chi connectivity index (χ4n) is 1.11. The van der Waals surface area contributed by atoms with Crippen LogP contribution in [-0.2, 0) is 0 Å². The normalized spacial score (nSPS) is 13.4. The summed E-state index contributed by atoms with van der Waals surface area (Å²) >= 11 is 0. The first-order chi connectivity index (χ1) is 6.15. The fourth-order valence-corrected chi connectivity index (χ4v) is 1.11. The van der Waals surface area contributed by atoms with Gasteiger partial charge in [0, 0.05) is 6.20 Å². The first kappa shape index (κ1) is 9.51. The highest BCUT2D eigenvalue weighted by molar-refractivity contribution is 5.23. The molecule has 70 valence electrons. The Hall–Kier alpha value is -1.58. The van der Waals surface area contributed by atoms with Crippen molar-refractivity contribution < 1.29 is 0 Å². The van der Waals surface area contributed by atoms with E-state index < -0.39 is 0 Å². The third kappa shape index (κ3) is 2.18. The van der Waals surface area contributed by atoms with Crippen molar-refractivity contribution in [1.82, 2.24) is 9.55 Å². The minimum absolute atomic E-state index is 0.0191. The third-order valence-corrected chi connectivity index (χ3v) is 1.76. The van der Waals surface area contributed by atoms with Crippen LogP contribution in [-0.4, -0.2) is 9.55 Å². The van der Waals surface area contributed by atoms with Crippen LogP contribution >= 0.6 is 0 Å². The number of nitrogen functional groups attached to an aromatic ring is 1. The molecule has 0 aliphatic rings. The summed E-state index contributed by atoms with van der Waals surface area (Å²) in [5.41, 5.74) is 5.04. The topological polar surface area (TPSA) is 60.9 Å². The number of allylic oxidation sites excluding steroid dienone is 2. The summed E-state index contributed by atoms with van der Waals surface area (Å²) in [5.74, 6) is 0.258. The molecule has 0 aliphatic carbocycles. The molecule has 2 N–H and O–H groups in total. The van der Waals surface area contributed by atoms with Gasteiger partial charge in [-0.3, -0.25) is 4.57 Å². The van der Waals surface area contributed by atoms with E-state index in [0.29, 0.717) is 0 Å². The molecule has 0 fully saturated rings. The molecule has 4 nitrogen and oxygen atoms in total. The monoisotopic (exact) mass is 179 g/mol. The van der Waals surface area contributed by atoms with E-state index in [1.54, 1.807) is 12.3 Å². The number of aromatic nitrogens is 2. The minimum Gasteiger partial charge on any atom is -0.383 e. The Kier molecular flexibility index (Phi) is 2.84. The van der Waals surface area contributed by atoms with E-state index in [9.17, 15) is 4.79 Å². The number of hydrogen-bond acceptors (Lipinski definition) is 3. The molecule has 0 aliphatic heterocycles. The molecule has 0 saturated carbocycles. The van der Waals surface area contributed by atoms with Crippen molar-refractivity contribution >= 4 is 5.82 Å². The highest BCUT2D eigenvalue weighted by Crippen LogP contribution is 2.03. The van der Waals surface area contributed by atoms with Crippen LogP contribution in [0.2, 0.25) is 0 Å². The molecule has 0 radical (unpaired) electrons. The largest absolute Gasteiger partial charge is 0.383 e. The van der Waals surface area contributed by atoms with E-state index in [4.69, 9.17) is 5.73 Å². The highest BCUT2D eigenvalue weighted by atomic mass is 16.1. The van der Waals surface area contributed by atoms with Crippen LogP contribution in [0.1, 0.15) is 19.9 Å². The Balaban J connectivity index is 3.09. The molecule has 1 aromatic heterocycles. The van der Waals surface area contributed by atoms with Crippen LogP contribution in [0, 0.1) is 0 Å². The molecule has 0 aromatic carbocycles. The van der Waals surface area contributed by atoms with Crippen molar-refractivity contribution in [1.29, 1.82) is 0 Å². The molecular weight excluding hydrogens is 166 g/mol. The summed E-state index contributed by atoms with van der Waals surface area (Å²) in [5, 5.41) is 0. The summed E-state index contributed by atoms with van der Waals surface area (Å²) in [7, 11) is 0. The van der Waals surface area contributed by atoms with Gasteiger partial charge in [-0.05, 0) is 19.9 Å². The second kappa shape index (κ2) is 3.89. The molecule has 0 amide bonds. The Bertz CT molecular complexity index is 367. The lowest BCUT2D eigenvalue weighted by molar-refractivity contribution is 0.616. The summed E-state index contributed by atoms with van der Waals surface area (Å²) in [4.78, 5) is 14.9. The second-order valence-corrected chi connectivity index (χ2v) is 2.81. The zero-order valence-electron chi connectivity index (χ0n) is 7.77. The van der Waals surface area contributed by atoms with Crippen LogP contribution < -0.4 is 11.4 Å². The molecule has 1 rings (SSSR count). The van der Waals surface area contributed by atoms with Crippen LogP contribution in [0.3, 0.4) is 0 Å². The average Bonchev–Trinajstić information content (AvgIpc) is 2.04. The van der Waals surface area contributed by atoms with Crippen molar-refractivity contribution in [2.45, 2.75) is 19.9 Å². The predicted octanol–water partition coefficient (Wildman–Crippen LogP) is 0.963. The van der Waals surface area contributed by atoms with Crippen LogP contribution in [0.5, 0.6) is 0 Å². The quantitative estimate of drug-likeness (QED) is 0.688. The highest BCUT2D eigenvalue weighted by Gasteiger charge is 2.02. The minimum atomic E-state index is -0.314. The maximum Gasteiger partial charge on any atom is 0.350 e. The third-order valence-electron chi connectivity index (χ3n) is 1.76. The fraction of sp³-hybridized carbons (Fsp3) is 0.333. The lowest BCUT2D eigenvalue weighted by atomic mass is 10.3.